The van der Waals surface area contributed by atoms with Gasteiger partial charge in [-0.1, -0.05) is 12.1 Å². The van der Waals surface area contributed by atoms with E-state index in [1.54, 1.807) is 12.1 Å². The van der Waals surface area contributed by atoms with E-state index < -0.39 is 23.8 Å². The summed E-state index contributed by atoms with van der Waals surface area (Å²) in [6.07, 6.45) is 0. The lowest BCUT2D eigenvalue weighted by Gasteiger charge is -2.24. The van der Waals surface area contributed by atoms with Crippen LogP contribution >= 0.6 is 23.1 Å². The average molecular weight is 376 g/mol. The molecule has 8 heteroatoms. The molecule has 1 aromatic carbocycles. The molecule has 0 fully saturated rings. The maximum absolute atomic E-state index is 12.5. The summed E-state index contributed by atoms with van der Waals surface area (Å²) in [4.78, 5) is 37.6. The number of carboxylic acids is 1. The number of hydrogen-bond donors (Lipinski definition) is 2. The van der Waals surface area contributed by atoms with Gasteiger partial charge in [0.1, 0.15) is 6.04 Å². The second-order valence-electron chi connectivity index (χ2n) is 5.49. The van der Waals surface area contributed by atoms with Crippen LogP contribution in [0.3, 0.4) is 0 Å². The molecule has 0 radical (unpaired) electrons. The van der Waals surface area contributed by atoms with Crippen LogP contribution < -0.4 is 5.73 Å². The molecule has 0 saturated carbocycles. The third-order valence-electron chi connectivity index (χ3n) is 4.01. The summed E-state index contributed by atoms with van der Waals surface area (Å²) in [5.74, 6) is -2.25. The fourth-order valence-electron chi connectivity index (χ4n) is 2.71. The third kappa shape index (κ3) is 3.33. The summed E-state index contributed by atoms with van der Waals surface area (Å²) in [6, 6.07) is 7.08. The van der Waals surface area contributed by atoms with Gasteiger partial charge in [0.05, 0.1) is 11.1 Å². The summed E-state index contributed by atoms with van der Waals surface area (Å²) in [5, 5.41) is 13.4. The molecule has 1 aliphatic rings. The molecule has 1 aliphatic heterocycles. The van der Waals surface area contributed by atoms with Crippen LogP contribution in [0.4, 0.5) is 0 Å². The van der Waals surface area contributed by atoms with Crippen molar-refractivity contribution in [3.8, 4) is 0 Å². The third-order valence-corrected chi connectivity index (χ3v) is 6.08. The minimum Gasteiger partial charge on any atom is -0.480 e. The minimum absolute atomic E-state index is 0.0803. The maximum Gasteiger partial charge on any atom is 0.327 e. The molecule has 2 amide bonds. The Balaban J connectivity index is 1.80. The first kappa shape index (κ1) is 17.7. The zero-order valence-electron chi connectivity index (χ0n) is 13.1. The summed E-state index contributed by atoms with van der Waals surface area (Å²) in [6.45, 7) is 0.343. The van der Waals surface area contributed by atoms with Gasteiger partial charge in [0.25, 0.3) is 11.8 Å². The highest BCUT2D eigenvalue weighted by Crippen LogP contribution is 2.32. The number of benzene rings is 1. The van der Waals surface area contributed by atoms with Crippen LogP contribution in [0.5, 0.6) is 0 Å². The van der Waals surface area contributed by atoms with E-state index in [1.165, 1.54) is 35.2 Å². The highest BCUT2D eigenvalue weighted by molar-refractivity contribution is 7.99. The van der Waals surface area contributed by atoms with Crippen LogP contribution in [-0.4, -0.2) is 46.1 Å². The normalized spacial score (nSPS) is 16.0. The smallest absolute Gasteiger partial charge is 0.327 e. The molecule has 0 bridgehead atoms. The SMILES string of the molecule is NCC(SC[C@@H](C(=O)O)N1C(=O)c2ccccc2C1=O)c1ccsc1. The van der Waals surface area contributed by atoms with E-state index in [2.05, 4.69) is 0 Å². The molecular formula is C17H16N2O4S2. The molecule has 130 valence electrons. The van der Waals surface area contributed by atoms with Gasteiger partial charge >= 0.3 is 5.97 Å². The Morgan fingerprint density at radius 1 is 1.20 bits per heavy atom. The minimum atomic E-state index is -1.23. The van der Waals surface area contributed by atoms with Gasteiger partial charge in [0.15, 0.2) is 0 Å². The Morgan fingerprint density at radius 3 is 2.32 bits per heavy atom. The molecule has 6 nitrogen and oxygen atoms in total. The van der Waals surface area contributed by atoms with Gasteiger partial charge in [-0.25, -0.2) is 4.79 Å². The van der Waals surface area contributed by atoms with E-state index in [9.17, 15) is 19.5 Å². The quantitative estimate of drug-likeness (QED) is 0.719. The zero-order valence-corrected chi connectivity index (χ0v) is 14.8. The lowest BCUT2D eigenvalue weighted by molar-refractivity contribution is -0.140. The van der Waals surface area contributed by atoms with Crippen LogP contribution in [0.25, 0.3) is 0 Å². The van der Waals surface area contributed by atoms with Crippen LogP contribution in [0.2, 0.25) is 0 Å². The fraction of sp³-hybridized carbons (Fsp3) is 0.235. The van der Waals surface area contributed by atoms with Crippen molar-refractivity contribution in [1.29, 1.82) is 0 Å². The first-order valence-electron chi connectivity index (χ1n) is 7.58. The molecule has 1 unspecified atom stereocenters. The number of thiophene rings is 1. The van der Waals surface area contributed by atoms with Crippen molar-refractivity contribution in [2.24, 2.45) is 5.73 Å². The molecule has 2 heterocycles. The summed E-state index contributed by atoms with van der Waals surface area (Å²) in [7, 11) is 0. The summed E-state index contributed by atoms with van der Waals surface area (Å²) >= 11 is 2.88. The van der Waals surface area contributed by atoms with Gasteiger partial charge in [-0.2, -0.15) is 11.3 Å². The van der Waals surface area contributed by atoms with Crippen molar-refractivity contribution in [3.05, 3.63) is 57.8 Å². The maximum atomic E-state index is 12.5. The van der Waals surface area contributed by atoms with E-state index in [4.69, 9.17) is 5.73 Å². The molecule has 25 heavy (non-hydrogen) atoms. The number of thioether (sulfide) groups is 1. The highest BCUT2D eigenvalue weighted by atomic mass is 32.2. The van der Waals surface area contributed by atoms with Gasteiger partial charge in [-0.05, 0) is 34.5 Å². The Labute approximate surface area is 152 Å². The Morgan fingerprint density at radius 2 is 1.84 bits per heavy atom. The van der Waals surface area contributed by atoms with Crippen molar-refractivity contribution < 1.29 is 19.5 Å². The van der Waals surface area contributed by atoms with Crippen molar-refractivity contribution in [2.75, 3.05) is 12.3 Å². The number of carbonyl (C=O) groups excluding carboxylic acids is 2. The second-order valence-corrected chi connectivity index (χ2v) is 7.51. The van der Waals surface area contributed by atoms with Crippen LogP contribution in [0, 0.1) is 0 Å². The van der Waals surface area contributed by atoms with Gasteiger partial charge in [0, 0.05) is 17.5 Å². The van der Waals surface area contributed by atoms with Gasteiger partial charge in [-0.3, -0.25) is 14.5 Å². The molecule has 3 rings (SSSR count). The number of hydrogen-bond acceptors (Lipinski definition) is 6. The van der Waals surface area contributed by atoms with E-state index >= 15 is 0 Å². The molecule has 2 atom stereocenters. The fourth-order valence-corrected chi connectivity index (χ4v) is 4.69. The Bertz CT molecular complexity index is 772. The number of aliphatic carboxylic acids is 1. The lowest BCUT2D eigenvalue weighted by atomic mass is 10.1. The van der Waals surface area contributed by atoms with Crippen molar-refractivity contribution >= 4 is 40.9 Å². The summed E-state index contributed by atoms with van der Waals surface area (Å²) in [5.41, 5.74) is 7.30. The topological polar surface area (TPSA) is 101 Å². The molecule has 2 aromatic rings. The van der Waals surface area contributed by atoms with E-state index in [-0.39, 0.29) is 22.1 Å². The number of nitrogens with zero attached hydrogens (tertiary/aromatic N) is 1. The monoisotopic (exact) mass is 376 g/mol. The molecular weight excluding hydrogens is 360 g/mol. The van der Waals surface area contributed by atoms with Crippen LogP contribution in [0.15, 0.2) is 41.1 Å². The second kappa shape index (κ2) is 7.38. The van der Waals surface area contributed by atoms with E-state index in [0.29, 0.717) is 6.54 Å². The van der Waals surface area contributed by atoms with Gasteiger partial charge in [-0.15, -0.1) is 11.8 Å². The van der Waals surface area contributed by atoms with Gasteiger partial charge < -0.3 is 10.8 Å². The standard InChI is InChI=1S/C17H16N2O4S2/c18-7-14(10-5-6-24-8-10)25-9-13(17(22)23)19-15(20)11-3-1-2-4-12(11)16(19)21/h1-6,8,13-14H,7,9,18H2,(H,22,23)/t13-,14?/m0/s1. The van der Waals surface area contributed by atoms with E-state index in [0.717, 1.165) is 10.5 Å². The number of amides is 2. The van der Waals surface area contributed by atoms with Crippen LogP contribution in [-0.2, 0) is 4.79 Å². The molecule has 0 saturated heterocycles. The first-order chi connectivity index (χ1) is 12.0. The van der Waals surface area contributed by atoms with Crippen molar-refractivity contribution in [1.82, 2.24) is 4.90 Å². The molecule has 3 N–H and O–H groups in total. The highest BCUT2D eigenvalue weighted by Gasteiger charge is 2.42. The van der Waals surface area contributed by atoms with E-state index in [1.807, 2.05) is 16.8 Å². The number of nitrogens with two attached hydrogens (primary N) is 1. The number of carbonyl (C=O) groups is 3. The summed E-state index contributed by atoms with van der Waals surface area (Å²) < 4.78 is 0. The largest absolute Gasteiger partial charge is 0.480 e. The molecule has 1 aromatic heterocycles. The Kier molecular flexibility index (Phi) is 5.22. The van der Waals surface area contributed by atoms with Gasteiger partial charge in [0.2, 0.25) is 0 Å². The van der Waals surface area contributed by atoms with Crippen LogP contribution in [0.1, 0.15) is 31.5 Å². The predicted molar refractivity (Wildman–Crippen MR) is 96.9 cm³/mol. The first-order valence-corrected chi connectivity index (χ1v) is 9.57. The number of imide groups is 1. The molecule has 0 spiro atoms. The Hall–Kier alpha value is -2.16. The zero-order chi connectivity index (χ0) is 18.0. The lowest BCUT2D eigenvalue weighted by Crippen LogP contribution is -2.46. The van der Waals surface area contributed by atoms with Crippen molar-refractivity contribution in [2.45, 2.75) is 11.3 Å². The predicted octanol–water partition coefficient (Wildman–Crippen LogP) is 2.23. The number of fused-ring (bicyclic) bond motifs is 1. The number of carboxylic acid groups (broad SMARTS) is 1. The average Bonchev–Trinajstić information content (AvgIpc) is 3.21. The number of rotatable bonds is 7. The van der Waals surface area contributed by atoms with Crippen molar-refractivity contribution in [3.63, 3.8) is 0 Å². The molecule has 0 aliphatic carbocycles.